The summed E-state index contributed by atoms with van der Waals surface area (Å²) in [6, 6.07) is 6.21. The summed E-state index contributed by atoms with van der Waals surface area (Å²) in [5.74, 6) is -1.23. The number of carboxylic acids is 1. The summed E-state index contributed by atoms with van der Waals surface area (Å²) >= 11 is 0. The Kier molecular flexibility index (Phi) is 2.77. The summed E-state index contributed by atoms with van der Waals surface area (Å²) in [4.78, 5) is 10.7. The van der Waals surface area contributed by atoms with E-state index in [1.54, 1.807) is 12.1 Å². The van der Waals surface area contributed by atoms with Gasteiger partial charge in [0, 0.05) is 0 Å². The average molecular weight is 228 g/mol. The van der Waals surface area contributed by atoms with Gasteiger partial charge in [-0.05, 0) is 30.0 Å². The van der Waals surface area contributed by atoms with Gasteiger partial charge in [0.15, 0.2) is 0 Å². The van der Waals surface area contributed by atoms with E-state index in [1.165, 1.54) is 12.1 Å². The van der Waals surface area contributed by atoms with Crippen LogP contribution in [0.5, 0.6) is 5.75 Å². The summed E-state index contributed by atoms with van der Waals surface area (Å²) in [5, 5.41) is 8.75. The molecule has 2 unspecified atom stereocenters. The number of carboxylic acid groups (broad SMARTS) is 1. The standard InChI is InChI=1S/C11H10F2O3/c12-11(13)16-7-3-1-2-6(4-7)8-5-9(8)10(14)15/h1-4,8-9,11H,5H2,(H,14,15). The predicted molar refractivity (Wildman–Crippen MR) is 51.6 cm³/mol. The van der Waals surface area contributed by atoms with Gasteiger partial charge >= 0.3 is 12.6 Å². The minimum Gasteiger partial charge on any atom is -0.481 e. The fourth-order valence-corrected chi connectivity index (χ4v) is 1.76. The summed E-state index contributed by atoms with van der Waals surface area (Å²) in [6.07, 6.45) is 0.563. The third-order valence-electron chi connectivity index (χ3n) is 2.62. The van der Waals surface area contributed by atoms with Crippen LogP contribution in [0.2, 0.25) is 0 Å². The van der Waals surface area contributed by atoms with Crippen molar-refractivity contribution in [2.45, 2.75) is 19.0 Å². The lowest BCUT2D eigenvalue weighted by Gasteiger charge is -2.06. The second-order valence-corrected chi connectivity index (χ2v) is 3.74. The summed E-state index contributed by atoms with van der Waals surface area (Å²) < 4.78 is 28.2. The van der Waals surface area contributed by atoms with Crippen molar-refractivity contribution in [1.82, 2.24) is 0 Å². The highest BCUT2D eigenvalue weighted by atomic mass is 19.3. The molecular formula is C11H10F2O3. The number of halogens is 2. The van der Waals surface area contributed by atoms with Gasteiger partial charge in [-0.15, -0.1) is 0 Å². The summed E-state index contributed by atoms with van der Waals surface area (Å²) in [6.45, 7) is -2.86. The monoisotopic (exact) mass is 228 g/mol. The minimum absolute atomic E-state index is 0.0706. The summed E-state index contributed by atoms with van der Waals surface area (Å²) in [7, 11) is 0. The predicted octanol–water partition coefficient (Wildman–Crippen LogP) is 2.48. The second kappa shape index (κ2) is 4.08. The molecule has 0 heterocycles. The molecule has 0 amide bonds. The Bertz CT molecular complexity index is 406. The van der Waals surface area contributed by atoms with E-state index >= 15 is 0 Å². The molecule has 0 aromatic heterocycles. The molecule has 16 heavy (non-hydrogen) atoms. The molecular weight excluding hydrogens is 218 g/mol. The maximum Gasteiger partial charge on any atom is 0.387 e. The van der Waals surface area contributed by atoms with Gasteiger partial charge in [-0.3, -0.25) is 4.79 Å². The van der Waals surface area contributed by atoms with Crippen LogP contribution in [0.4, 0.5) is 8.78 Å². The van der Waals surface area contributed by atoms with Gasteiger partial charge in [-0.2, -0.15) is 8.78 Å². The van der Waals surface area contributed by atoms with Gasteiger partial charge < -0.3 is 9.84 Å². The van der Waals surface area contributed by atoms with Crippen LogP contribution in [0.15, 0.2) is 24.3 Å². The Morgan fingerprint density at radius 1 is 1.50 bits per heavy atom. The largest absolute Gasteiger partial charge is 0.481 e. The molecule has 0 radical (unpaired) electrons. The number of aliphatic carboxylic acids is 1. The number of rotatable bonds is 4. The molecule has 86 valence electrons. The zero-order valence-corrected chi connectivity index (χ0v) is 8.27. The van der Waals surface area contributed by atoms with Crippen molar-refractivity contribution in [2.75, 3.05) is 0 Å². The molecule has 2 atom stereocenters. The molecule has 2 rings (SSSR count). The first-order chi connectivity index (χ1) is 7.58. The number of carbonyl (C=O) groups is 1. The highest BCUT2D eigenvalue weighted by molar-refractivity contribution is 5.75. The van der Waals surface area contributed by atoms with Crippen molar-refractivity contribution < 1.29 is 23.4 Å². The van der Waals surface area contributed by atoms with E-state index in [0.29, 0.717) is 6.42 Å². The first-order valence-corrected chi connectivity index (χ1v) is 4.85. The molecule has 1 fully saturated rings. The first kappa shape index (κ1) is 10.9. The Morgan fingerprint density at radius 3 is 2.81 bits per heavy atom. The van der Waals surface area contributed by atoms with Gasteiger partial charge in [-0.1, -0.05) is 12.1 Å². The minimum atomic E-state index is -2.86. The van der Waals surface area contributed by atoms with Crippen LogP contribution in [-0.2, 0) is 4.79 Å². The third-order valence-corrected chi connectivity index (χ3v) is 2.62. The van der Waals surface area contributed by atoms with E-state index in [-0.39, 0.29) is 17.6 Å². The lowest BCUT2D eigenvalue weighted by atomic mass is 10.1. The van der Waals surface area contributed by atoms with E-state index in [4.69, 9.17) is 5.11 Å². The molecule has 1 saturated carbocycles. The molecule has 1 aliphatic carbocycles. The molecule has 1 aromatic rings. The van der Waals surface area contributed by atoms with Crippen molar-refractivity contribution in [3.8, 4) is 5.75 Å². The Morgan fingerprint density at radius 2 is 2.25 bits per heavy atom. The molecule has 0 aliphatic heterocycles. The third kappa shape index (κ3) is 2.29. The van der Waals surface area contributed by atoms with E-state index in [9.17, 15) is 13.6 Å². The van der Waals surface area contributed by atoms with Crippen molar-refractivity contribution in [3.05, 3.63) is 29.8 Å². The molecule has 0 bridgehead atoms. The van der Waals surface area contributed by atoms with Crippen molar-refractivity contribution in [3.63, 3.8) is 0 Å². The smallest absolute Gasteiger partial charge is 0.387 e. The quantitative estimate of drug-likeness (QED) is 0.861. The van der Waals surface area contributed by atoms with Crippen molar-refractivity contribution in [2.24, 2.45) is 5.92 Å². The maximum absolute atomic E-state index is 12.0. The van der Waals surface area contributed by atoms with Crippen molar-refractivity contribution >= 4 is 5.97 Å². The van der Waals surface area contributed by atoms with Crippen LogP contribution in [0.3, 0.4) is 0 Å². The van der Waals surface area contributed by atoms with Gasteiger partial charge in [0.2, 0.25) is 0 Å². The van der Waals surface area contributed by atoms with Crippen LogP contribution in [0, 0.1) is 5.92 Å². The van der Waals surface area contributed by atoms with E-state index in [0.717, 1.165) is 5.56 Å². The van der Waals surface area contributed by atoms with Crippen LogP contribution in [-0.4, -0.2) is 17.7 Å². The lowest BCUT2D eigenvalue weighted by molar-refractivity contribution is -0.138. The topological polar surface area (TPSA) is 46.5 Å². The molecule has 0 spiro atoms. The zero-order chi connectivity index (χ0) is 11.7. The number of benzene rings is 1. The second-order valence-electron chi connectivity index (χ2n) is 3.74. The molecule has 1 aromatic carbocycles. The Balaban J connectivity index is 2.09. The average Bonchev–Trinajstić information content (AvgIpc) is 2.96. The number of ether oxygens (including phenoxy) is 1. The molecule has 1 aliphatic rings. The number of hydrogen-bond acceptors (Lipinski definition) is 2. The Labute approximate surface area is 90.7 Å². The van der Waals surface area contributed by atoms with Crippen molar-refractivity contribution in [1.29, 1.82) is 0 Å². The molecule has 5 heteroatoms. The van der Waals surface area contributed by atoms with Gasteiger partial charge in [0.25, 0.3) is 0 Å². The van der Waals surface area contributed by atoms with Gasteiger partial charge in [-0.25, -0.2) is 0 Å². The van der Waals surface area contributed by atoms with Crippen LogP contribution in [0.1, 0.15) is 17.9 Å². The highest BCUT2D eigenvalue weighted by Crippen LogP contribution is 2.48. The number of alkyl halides is 2. The molecule has 0 saturated heterocycles. The van der Waals surface area contributed by atoms with E-state index < -0.39 is 12.6 Å². The van der Waals surface area contributed by atoms with Crippen LogP contribution >= 0.6 is 0 Å². The van der Waals surface area contributed by atoms with Crippen LogP contribution in [0.25, 0.3) is 0 Å². The van der Waals surface area contributed by atoms with E-state index in [2.05, 4.69) is 4.74 Å². The summed E-state index contributed by atoms with van der Waals surface area (Å²) in [5.41, 5.74) is 0.741. The fraction of sp³-hybridized carbons (Fsp3) is 0.364. The first-order valence-electron chi connectivity index (χ1n) is 4.85. The molecule has 3 nitrogen and oxygen atoms in total. The number of hydrogen-bond donors (Lipinski definition) is 1. The van der Waals surface area contributed by atoms with Gasteiger partial charge in [0.05, 0.1) is 5.92 Å². The normalized spacial score (nSPS) is 23.2. The van der Waals surface area contributed by atoms with E-state index in [1.807, 2.05) is 0 Å². The SMILES string of the molecule is O=C(O)C1CC1c1cccc(OC(F)F)c1. The zero-order valence-electron chi connectivity index (χ0n) is 8.27. The van der Waals surface area contributed by atoms with Gasteiger partial charge in [0.1, 0.15) is 5.75 Å². The lowest BCUT2D eigenvalue weighted by Crippen LogP contribution is -2.02. The Hall–Kier alpha value is -1.65. The highest BCUT2D eigenvalue weighted by Gasteiger charge is 2.44. The maximum atomic E-state index is 12.0. The van der Waals surface area contributed by atoms with Crippen LogP contribution < -0.4 is 4.74 Å². The fourth-order valence-electron chi connectivity index (χ4n) is 1.76. The molecule has 1 N–H and O–H groups in total.